The van der Waals surface area contributed by atoms with E-state index in [2.05, 4.69) is 10.5 Å². The smallest absolute Gasteiger partial charge is 0.341 e. The van der Waals surface area contributed by atoms with Crippen LogP contribution in [0.2, 0.25) is 5.02 Å². The van der Waals surface area contributed by atoms with Crippen LogP contribution in [0.15, 0.2) is 47.6 Å². The molecule has 0 aliphatic heterocycles. The molecule has 0 atom stereocenters. The number of hydrazone groups is 1. The van der Waals surface area contributed by atoms with Gasteiger partial charge in [-0.1, -0.05) is 11.6 Å². The Bertz CT molecular complexity index is 867. The molecule has 0 aromatic heterocycles. The molecule has 0 saturated carbocycles. The Morgan fingerprint density at radius 3 is 2.43 bits per heavy atom. The number of carbonyl (C=O) groups excluding carboxylic acids is 1. The van der Waals surface area contributed by atoms with Gasteiger partial charge in [0.2, 0.25) is 0 Å². The zero-order valence-corrected chi connectivity index (χ0v) is 16.0. The van der Waals surface area contributed by atoms with Crippen LogP contribution in [0.3, 0.4) is 0 Å². The molecule has 0 spiro atoms. The van der Waals surface area contributed by atoms with Crippen LogP contribution in [0.1, 0.15) is 12.5 Å². The highest BCUT2D eigenvalue weighted by Gasteiger charge is 2.10. The summed E-state index contributed by atoms with van der Waals surface area (Å²) in [6, 6.07) is 11.5. The summed E-state index contributed by atoms with van der Waals surface area (Å²) in [5, 5.41) is 13.3. The molecule has 2 aromatic carbocycles. The molecule has 0 aliphatic rings. The fourth-order valence-corrected chi connectivity index (χ4v) is 2.20. The minimum Gasteiger partial charge on any atom is -0.493 e. The van der Waals surface area contributed by atoms with E-state index in [4.69, 9.17) is 30.9 Å². The van der Waals surface area contributed by atoms with Gasteiger partial charge in [0, 0.05) is 10.6 Å². The lowest BCUT2D eigenvalue weighted by Gasteiger charge is -2.11. The van der Waals surface area contributed by atoms with E-state index >= 15 is 0 Å². The van der Waals surface area contributed by atoms with Crippen molar-refractivity contribution in [3.05, 3.63) is 53.1 Å². The first-order chi connectivity index (χ1) is 13.4. The zero-order valence-electron chi connectivity index (χ0n) is 15.3. The van der Waals surface area contributed by atoms with Crippen LogP contribution in [-0.2, 0) is 9.59 Å². The maximum absolute atomic E-state index is 11.9. The molecule has 0 aliphatic carbocycles. The predicted octanol–water partition coefficient (Wildman–Crippen LogP) is 2.73. The summed E-state index contributed by atoms with van der Waals surface area (Å²) in [6.45, 7) is 1.02. The lowest BCUT2D eigenvalue weighted by atomic mass is 10.1. The molecule has 28 heavy (non-hydrogen) atoms. The Labute approximate surface area is 166 Å². The SMILES string of the molecule is COc1cc(/C(C)=N\NC(=O)COc2ccc(Cl)cc2)ccc1OCC(=O)O. The monoisotopic (exact) mass is 406 g/mol. The largest absolute Gasteiger partial charge is 0.493 e. The van der Waals surface area contributed by atoms with Crippen molar-refractivity contribution in [2.24, 2.45) is 5.10 Å². The fourth-order valence-electron chi connectivity index (χ4n) is 2.07. The van der Waals surface area contributed by atoms with Gasteiger partial charge < -0.3 is 19.3 Å². The third-order valence-electron chi connectivity index (χ3n) is 3.46. The first-order valence-corrected chi connectivity index (χ1v) is 8.51. The number of rotatable bonds is 9. The molecule has 0 unspecified atom stereocenters. The maximum atomic E-state index is 11.9. The molecule has 0 fully saturated rings. The van der Waals surface area contributed by atoms with E-state index in [1.54, 1.807) is 49.4 Å². The highest BCUT2D eigenvalue weighted by molar-refractivity contribution is 6.30. The number of ether oxygens (including phenoxy) is 3. The number of nitrogens with one attached hydrogen (secondary N) is 1. The molecular weight excluding hydrogens is 388 g/mol. The highest BCUT2D eigenvalue weighted by Crippen LogP contribution is 2.28. The Hall–Kier alpha value is -3.26. The highest BCUT2D eigenvalue weighted by atomic mass is 35.5. The van der Waals surface area contributed by atoms with Crippen molar-refractivity contribution < 1.29 is 28.9 Å². The molecular formula is C19H19ClN2O6. The van der Waals surface area contributed by atoms with Crippen LogP contribution in [0.4, 0.5) is 0 Å². The summed E-state index contributed by atoms with van der Waals surface area (Å²) in [5.74, 6) is -0.357. The van der Waals surface area contributed by atoms with E-state index in [1.807, 2.05) is 0 Å². The minimum atomic E-state index is -1.09. The Morgan fingerprint density at radius 2 is 1.79 bits per heavy atom. The molecule has 0 heterocycles. The second-order valence-corrected chi connectivity index (χ2v) is 5.96. The number of hydrogen-bond donors (Lipinski definition) is 2. The van der Waals surface area contributed by atoms with E-state index in [0.29, 0.717) is 33.5 Å². The summed E-state index contributed by atoms with van der Waals surface area (Å²) >= 11 is 5.78. The molecule has 0 bridgehead atoms. The van der Waals surface area contributed by atoms with E-state index in [9.17, 15) is 9.59 Å². The van der Waals surface area contributed by atoms with Crippen LogP contribution in [0, 0.1) is 0 Å². The summed E-state index contributed by atoms with van der Waals surface area (Å²) in [5.41, 5.74) is 3.58. The number of aliphatic carboxylic acids is 1. The zero-order chi connectivity index (χ0) is 20.5. The number of methoxy groups -OCH3 is 1. The molecule has 0 radical (unpaired) electrons. The van der Waals surface area contributed by atoms with Crippen LogP contribution >= 0.6 is 11.6 Å². The number of halogens is 1. The number of carboxylic acids is 1. The molecule has 148 valence electrons. The van der Waals surface area contributed by atoms with Gasteiger partial charge in [-0.05, 0) is 49.4 Å². The van der Waals surface area contributed by atoms with Gasteiger partial charge in [0.15, 0.2) is 24.7 Å². The number of carboxylic acid groups (broad SMARTS) is 1. The molecule has 8 nitrogen and oxygen atoms in total. The van der Waals surface area contributed by atoms with Crippen molar-refractivity contribution in [1.82, 2.24) is 5.43 Å². The molecule has 2 aromatic rings. The number of hydrogen-bond acceptors (Lipinski definition) is 6. The lowest BCUT2D eigenvalue weighted by Crippen LogP contribution is -2.25. The number of amides is 1. The van der Waals surface area contributed by atoms with Gasteiger partial charge in [-0.15, -0.1) is 0 Å². The Balaban J connectivity index is 1.95. The van der Waals surface area contributed by atoms with Crippen molar-refractivity contribution in [1.29, 1.82) is 0 Å². The van der Waals surface area contributed by atoms with E-state index in [1.165, 1.54) is 7.11 Å². The average molecular weight is 407 g/mol. The quantitative estimate of drug-likeness (QED) is 0.490. The van der Waals surface area contributed by atoms with Crippen molar-refractivity contribution >= 4 is 29.2 Å². The van der Waals surface area contributed by atoms with E-state index in [-0.39, 0.29) is 6.61 Å². The number of nitrogens with zero attached hydrogens (tertiary/aromatic N) is 1. The van der Waals surface area contributed by atoms with Gasteiger partial charge >= 0.3 is 5.97 Å². The Kier molecular flexibility index (Phi) is 7.65. The van der Waals surface area contributed by atoms with Gasteiger partial charge in [-0.3, -0.25) is 4.79 Å². The lowest BCUT2D eigenvalue weighted by molar-refractivity contribution is -0.139. The summed E-state index contributed by atoms with van der Waals surface area (Å²) in [6.07, 6.45) is 0. The van der Waals surface area contributed by atoms with E-state index in [0.717, 1.165) is 0 Å². The van der Waals surface area contributed by atoms with Gasteiger partial charge in [0.05, 0.1) is 12.8 Å². The second-order valence-electron chi connectivity index (χ2n) is 5.52. The maximum Gasteiger partial charge on any atom is 0.341 e. The second kappa shape index (κ2) is 10.2. The number of carbonyl (C=O) groups is 2. The topological polar surface area (TPSA) is 106 Å². The van der Waals surface area contributed by atoms with Gasteiger partial charge in [-0.25, -0.2) is 10.2 Å². The fraction of sp³-hybridized carbons (Fsp3) is 0.211. The molecule has 1 amide bonds. The van der Waals surface area contributed by atoms with E-state index < -0.39 is 18.5 Å². The molecule has 2 N–H and O–H groups in total. The Morgan fingerprint density at radius 1 is 1.07 bits per heavy atom. The predicted molar refractivity (Wildman–Crippen MR) is 103 cm³/mol. The van der Waals surface area contributed by atoms with Crippen molar-refractivity contribution in [3.63, 3.8) is 0 Å². The van der Waals surface area contributed by atoms with Gasteiger partial charge in [-0.2, -0.15) is 5.10 Å². The number of benzene rings is 2. The summed E-state index contributed by atoms with van der Waals surface area (Å²) in [7, 11) is 1.44. The minimum absolute atomic E-state index is 0.205. The van der Waals surface area contributed by atoms with Crippen molar-refractivity contribution in [3.8, 4) is 17.2 Å². The first kappa shape index (κ1) is 21.0. The normalized spacial score (nSPS) is 10.9. The van der Waals surface area contributed by atoms with Crippen molar-refractivity contribution in [2.45, 2.75) is 6.92 Å². The third-order valence-corrected chi connectivity index (χ3v) is 3.72. The van der Waals surface area contributed by atoms with Crippen LogP contribution in [0.25, 0.3) is 0 Å². The standard InChI is InChI=1S/C19H19ClN2O6/c1-12(13-3-8-16(17(9-13)26-2)28-11-19(24)25)21-22-18(23)10-27-15-6-4-14(20)5-7-15/h3-9H,10-11H2,1-2H3,(H,22,23)(H,24,25)/b21-12-. The summed E-state index contributed by atoms with van der Waals surface area (Å²) in [4.78, 5) is 22.5. The third kappa shape index (κ3) is 6.48. The molecule has 0 saturated heterocycles. The van der Waals surface area contributed by atoms with Gasteiger partial charge in [0.25, 0.3) is 5.91 Å². The summed E-state index contributed by atoms with van der Waals surface area (Å²) < 4.78 is 15.7. The van der Waals surface area contributed by atoms with Gasteiger partial charge in [0.1, 0.15) is 5.75 Å². The van der Waals surface area contributed by atoms with Crippen molar-refractivity contribution in [2.75, 3.05) is 20.3 Å². The average Bonchev–Trinajstić information content (AvgIpc) is 2.69. The van der Waals surface area contributed by atoms with Crippen LogP contribution < -0.4 is 19.6 Å². The first-order valence-electron chi connectivity index (χ1n) is 8.13. The molecule has 9 heteroatoms. The van der Waals surface area contributed by atoms with Crippen LogP contribution in [-0.4, -0.2) is 43.0 Å². The van der Waals surface area contributed by atoms with Crippen LogP contribution in [0.5, 0.6) is 17.2 Å². The molecule has 2 rings (SSSR count).